The molecule has 0 saturated carbocycles. The van der Waals surface area contributed by atoms with Crippen molar-refractivity contribution >= 4 is 63.0 Å². The van der Waals surface area contributed by atoms with Gasteiger partial charge in [0.2, 0.25) is 5.88 Å². The van der Waals surface area contributed by atoms with Crippen LogP contribution >= 0.6 is 39.5 Å². The number of hydrogen-bond acceptors (Lipinski definition) is 4. The molecule has 4 rings (SSSR count). The minimum atomic E-state index is 0.141. The number of halogens is 1. The molecule has 0 atom stereocenters. The highest BCUT2D eigenvalue weighted by Crippen LogP contribution is 2.37. The van der Waals surface area contributed by atoms with E-state index in [0.29, 0.717) is 8.83 Å². The maximum absolute atomic E-state index is 10.7. The van der Waals surface area contributed by atoms with Crippen LogP contribution in [0.25, 0.3) is 17.3 Å². The fourth-order valence-corrected chi connectivity index (χ4v) is 4.37. The van der Waals surface area contributed by atoms with E-state index in [9.17, 15) is 5.11 Å². The zero-order valence-electron chi connectivity index (χ0n) is 12.3. The molecule has 0 bridgehead atoms. The van der Waals surface area contributed by atoms with Crippen LogP contribution in [0.15, 0.2) is 58.0 Å². The fourth-order valence-electron chi connectivity index (χ4n) is 2.62. The summed E-state index contributed by atoms with van der Waals surface area (Å²) in [5, 5.41) is 10.7. The monoisotopic (exact) mass is 414 g/mol. The van der Waals surface area contributed by atoms with Gasteiger partial charge in [0.1, 0.15) is 0 Å². The van der Waals surface area contributed by atoms with Crippen LogP contribution in [0.5, 0.6) is 5.88 Å². The summed E-state index contributed by atoms with van der Waals surface area (Å²) in [5.74, 6) is 0.141. The molecule has 0 aliphatic carbocycles. The minimum Gasteiger partial charge on any atom is -0.493 e. The van der Waals surface area contributed by atoms with Crippen LogP contribution in [-0.2, 0) is 0 Å². The number of allylic oxidation sites excluding steroid dienone is 1. The van der Waals surface area contributed by atoms with Gasteiger partial charge in [-0.25, -0.2) is 0 Å². The molecule has 3 nitrogen and oxygen atoms in total. The van der Waals surface area contributed by atoms with E-state index in [0.717, 1.165) is 27.0 Å². The lowest BCUT2D eigenvalue weighted by molar-refractivity contribution is 0.441. The van der Waals surface area contributed by atoms with Crippen LogP contribution in [0.1, 0.15) is 10.4 Å². The predicted octanol–water partition coefficient (Wildman–Crippen LogP) is 5.99. The Morgan fingerprint density at radius 3 is 2.71 bits per heavy atom. The van der Waals surface area contributed by atoms with Crippen molar-refractivity contribution in [3.8, 4) is 11.6 Å². The van der Waals surface area contributed by atoms with Crippen molar-refractivity contribution < 1.29 is 5.11 Å². The average molecular weight is 415 g/mol. The Morgan fingerprint density at radius 1 is 1.12 bits per heavy atom. The number of hydrogen-bond donors (Lipinski definition) is 1. The van der Waals surface area contributed by atoms with Gasteiger partial charge in [0, 0.05) is 21.8 Å². The number of thiazole rings is 1. The molecule has 0 spiro atoms. The van der Waals surface area contributed by atoms with E-state index in [1.807, 2.05) is 60.8 Å². The molecule has 3 aromatic rings. The summed E-state index contributed by atoms with van der Waals surface area (Å²) in [5.41, 5.74) is 3.79. The van der Waals surface area contributed by atoms with Gasteiger partial charge in [-0.15, -0.1) is 11.3 Å². The van der Waals surface area contributed by atoms with Gasteiger partial charge < -0.3 is 5.11 Å². The second-order valence-electron chi connectivity index (χ2n) is 5.22. The number of benzene rings is 2. The summed E-state index contributed by atoms with van der Waals surface area (Å²) in [6.07, 6.45) is 3.74. The highest BCUT2D eigenvalue weighted by atomic mass is 79.9. The molecule has 2 heterocycles. The zero-order valence-corrected chi connectivity index (χ0v) is 15.5. The van der Waals surface area contributed by atoms with E-state index < -0.39 is 0 Å². The van der Waals surface area contributed by atoms with Gasteiger partial charge in [0.05, 0.1) is 16.3 Å². The number of aromatic hydroxyl groups is 1. The largest absolute Gasteiger partial charge is 0.493 e. The third-order valence-electron chi connectivity index (χ3n) is 3.75. The number of rotatable bonds is 2. The normalized spacial score (nSPS) is 14.3. The van der Waals surface area contributed by atoms with E-state index in [-0.39, 0.29) is 5.88 Å². The van der Waals surface area contributed by atoms with Crippen LogP contribution < -0.4 is 0 Å². The summed E-state index contributed by atoms with van der Waals surface area (Å²) in [6, 6.07) is 15.6. The Bertz CT molecular complexity index is 1060. The third-order valence-corrected chi connectivity index (χ3v) is 5.73. The first-order chi connectivity index (χ1) is 11.6. The molecular formula is C18H11BrN2OS2. The SMILES string of the molecule is Oc1c(C=C2C=Nc3ccccc32)sc(=S)n1-c1ccccc1Br. The Hall–Kier alpha value is -2.02. The van der Waals surface area contributed by atoms with Crippen LogP contribution in [0.3, 0.4) is 0 Å². The standard InChI is InChI=1S/C18H11BrN2OS2/c19-13-6-2-4-8-15(13)21-17(22)16(24-18(21)23)9-11-10-20-14-7-3-1-5-12(11)14/h1-10,22H. The molecular weight excluding hydrogens is 404 g/mol. The van der Waals surface area contributed by atoms with Crippen LogP contribution in [-0.4, -0.2) is 15.9 Å². The maximum Gasteiger partial charge on any atom is 0.215 e. The molecule has 0 amide bonds. The van der Waals surface area contributed by atoms with Gasteiger partial charge in [-0.05, 0) is 52.4 Å². The smallest absolute Gasteiger partial charge is 0.215 e. The lowest BCUT2D eigenvalue weighted by Gasteiger charge is -2.06. The van der Waals surface area contributed by atoms with E-state index in [1.54, 1.807) is 4.57 Å². The number of aromatic nitrogens is 1. The van der Waals surface area contributed by atoms with Gasteiger partial charge in [0.15, 0.2) is 3.95 Å². The first kappa shape index (κ1) is 15.5. The summed E-state index contributed by atoms with van der Waals surface area (Å²) < 4.78 is 3.14. The van der Waals surface area contributed by atoms with Crippen molar-refractivity contribution in [3.63, 3.8) is 0 Å². The number of aliphatic imine (C=N–C) groups is 1. The number of nitrogens with zero attached hydrogens (tertiary/aromatic N) is 2. The quantitative estimate of drug-likeness (QED) is 0.522. The fraction of sp³-hybridized carbons (Fsp3) is 0. The summed E-state index contributed by atoms with van der Waals surface area (Å²) in [6.45, 7) is 0. The summed E-state index contributed by atoms with van der Waals surface area (Å²) >= 11 is 10.3. The lowest BCUT2D eigenvalue weighted by Crippen LogP contribution is -1.94. The van der Waals surface area contributed by atoms with Crippen molar-refractivity contribution in [1.82, 2.24) is 4.57 Å². The molecule has 0 fully saturated rings. The van der Waals surface area contributed by atoms with Gasteiger partial charge in [-0.3, -0.25) is 9.56 Å². The molecule has 2 aromatic carbocycles. The number of para-hydroxylation sites is 2. The summed E-state index contributed by atoms with van der Waals surface area (Å²) in [7, 11) is 0. The van der Waals surface area contributed by atoms with E-state index in [1.165, 1.54) is 11.3 Å². The Morgan fingerprint density at radius 2 is 1.88 bits per heavy atom. The maximum atomic E-state index is 10.7. The molecule has 6 heteroatoms. The van der Waals surface area contributed by atoms with Crippen molar-refractivity contribution in [2.24, 2.45) is 4.99 Å². The van der Waals surface area contributed by atoms with Crippen LogP contribution in [0.2, 0.25) is 0 Å². The van der Waals surface area contributed by atoms with Crippen LogP contribution in [0, 0.1) is 3.95 Å². The van der Waals surface area contributed by atoms with Crippen molar-refractivity contribution in [2.45, 2.75) is 0 Å². The third kappa shape index (κ3) is 2.56. The number of fused-ring (bicyclic) bond motifs is 1. The van der Waals surface area contributed by atoms with E-state index in [4.69, 9.17) is 12.2 Å². The highest BCUT2D eigenvalue weighted by Gasteiger charge is 2.16. The average Bonchev–Trinajstić information content (AvgIpc) is 3.11. The molecule has 1 aliphatic rings. The molecule has 1 aliphatic heterocycles. The van der Waals surface area contributed by atoms with Crippen molar-refractivity contribution in [3.05, 3.63) is 67.4 Å². The molecule has 118 valence electrons. The Balaban J connectivity index is 1.84. The molecule has 1 aromatic heterocycles. The molecule has 0 unspecified atom stereocenters. The molecule has 24 heavy (non-hydrogen) atoms. The first-order valence-electron chi connectivity index (χ1n) is 7.20. The molecule has 0 radical (unpaired) electrons. The predicted molar refractivity (Wildman–Crippen MR) is 106 cm³/mol. The highest BCUT2D eigenvalue weighted by molar-refractivity contribution is 9.10. The van der Waals surface area contributed by atoms with E-state index in [2.05, 4.69) is 20.9 Å². The van der Waals surface area contributed by atoms with Gasteiger partial charge in [-0.1, -0.05) is 30.3 Å². The minimum absolute atomic E-state index is 0.141. The summed E-state index contributed by atoms with van der Waals surface area (Å²) in [4.78, 5) is 5.11. The Kier molecular flexibility index (Phi) is 3.96. The van der Waals surface area contributed by atoms with E-state index >= 15 is 0 Å². The zero-order chi connectivity index (χ0) is 16.7. The lowest BCUT2D eigenvalue weighted by atomic mass is 10.1. The molecule has 1 N–H and O–H groups in total. The molecule has 0 saturated heterocycles. The topological polar surface area (TPSA) is 37.5 Å². The van der Waals surface area contributed by atoms with Gasteiger partial charge in [0.25, 0.3) is 0 Å². The first-order valence-corrected chi connectivity index (χ1v) is 9.22. The second-order valence-corrected chi connectivity index (χ2v) is 7.75. The van der Waals surface area contributed by atoms with Gasteiger partial charge in [-0.2, -0.15) is 0 Å². The van der Waals surface area contributed by atoms with Crippen molar-refractivity contribution in [2.75, 3.05) is 0 Å². The van der Waals surface area contributed by atoms with Crippen molar-refractivity contribution in [1.29, 1.82) is 0 Å². The van der Waals surface area contributed by atoms with Crippen LogP contribution in [0.4, 0.5) is 5.69 Å². The second kappa shape index (κ2) is 6.12. The van der Waals surface area contributed by atoms with Gasteiger partial charge >= 0.3 is 0 Å². The Labute approximate surface area is 156 Å².